The van der Waals surface area contributed by atoms with Crippen LogP contribution in [0.5, 0.6) is 0 Å². The van der Waals surface area contributed by atoms with Crippen LogP contribution in [0.15, 0.2) is 18.3 Å². The molecule has 0 atom stereocenters. The monoisotopic (exact) mass is 205 g/mol. The molecule has 2 rings (SSSR count). The zero-order chi connectivity index (χ0) is 10.7. The molecule has 15 heavy (non-hydrogen) atoms. The van der Waals surface area contributed by atoms with Crippen molar-refractivity contribution >= 4 is 0 Å². The maximum atomic E-state index is 5.67. The summed E-state index contributed by atoms with van der Waals surface area (Å²) in [5, 5.41) is 0. The summed E-state index contributed by atoms with van der Waals surface area (Å²) in [5.74, 6) is 0. The fraction of sp³-hybridized carbons (Fsp3) is 0.583. The van der Waals surface area contributed by atoms with Gasteiger partial charge in [-0.05, 0) is 31.5 Å². The predicted octanol–water partition coefficient (Wildman–Crippen LogP) is 1.52. The van der Waals surface area contributed by atoms with Crippen LogP contribution < -0.4 is 5.73 Å². The first-order chi connectivity index (χ1) is 7.31. The molecule has 3 heteroatoms. The van der Waals surface area contributed by atoms with Crippen LogP contribution in [0.1, 0.15) is 30.5 Å². The summed E-state index contributed by atoms with van der Waals surface area (Å²) < 4.78 is 0. The van der Waals surface area contributed by atoms with Crippen LogP contribution in [0, 0.1) is 0 Å². The highest BCUT2D eigenvalue weighted by Gasteiger charge is 2.22. The molecule has 0 unspecified atom stereocenters. The molecule has 0 saturated heterocycles. The molecule has 1 saturated carbocycles. The number of pyridine rings is 1. The molecular weight excluding hydrogens is 186 g/mol. The molecule has 0 amide bonds. The number of aromatic nitrogens is 1. The first-order valence-electron chi connectivity index (χ1n) is 5.64. The van der Waals surface area contributed by atoms with Gasteiger partial charge in [0.2, 0.25) is 0 Å². The number of rotatable bonds is 4. The normalized spacial score (nSPS) is 16.7. The summed E-state index contributed by atoms with van der Waals surface area (Å²) in [6, 6.07) is 4.89. The van der Waals surface area contributed by atoms with Gasteiger partial charge in [-0.2, -0.15) is 0 Å². The van der Waals surface area contributed by atoms with E-state index in [0.29, 0.717) is 6.54 Å². The van der Waals surface area contributed by atoms with Crippen molar-refractivity contribution in [3.05, 3.63) is 29.6 Å². The summed E-state index contributed by atoms with van der Waals surface area (Å²) in [5.41, 5.74) is 7.97. The van der Waals surface area contributed by atoms with E-state index in [-0.39, 0.29) is 0 Å². The van der Waals surface area contributed by atoms with E-state index in [2.05, 4.69) is 23.0 Å². The maximum absolute atomic E-state index is 5.67. The van der Waals surface area contributed by atoms with Crippen LogP contribution in [0.3, 0.4) is 0 Å². The highest BCUT2D eigenvalue weighted by molar-refractivity contribution is 5.19. The highest BCUT2D eigenvalue weighted by atomic mass is 15.1. The van der Waals surface area contributed by atoms with Gasteiger partial charge in [0.25, 0.3) is 0 Å². The Morgan fingerprint density at radius 3 is 2.93 bits per heavy atom. The van der Waals surface area contributed by atoms with Crippen molar-refractivity contribution in [2.45, 2.75) is 38.4 Å². The Morgan fingerprint density at radius 2 is 2.33 bits per heavy atom. The summed E-state index contributed by atoms with van der Waals surface area (Å²) in [7, 11) is 2.19. The summed E-state index contributed by atoms with van der Waals surface area (Å²) in [6.07, 6.45) is 5.88. The van der Waals surface area contributed by atoms with Gasteiger partial charge in [0, 0.05) is 25.3 Å². The van der Waals surface area contributed by atoms with Crippen molar-refractivity contribution < 1.29 is 0 Å². The van der Waals surface area contributed by atoms with Crippen molar-refractivity contribution in [1.82, 2.24) is 9.88 Å². The molecule has 1 heterocycles. The average Bonchev–Trinajstić information content (AvgIpc) is 2.15. The molecule has 1 aliphatic rings. The van der Waals surface area contributed by atoms with Crippen molar-refractivity contribution in [2.75, 3.05) is 7.05 Å². The molecule has 1 aromatic rings. The minimum atomic E-state index is 0.536. The topological polar surface area (TPSA) is 42.2 Å². The Labute approximate surface area is 91.3 Å². The smallest absolute Gasteiger partial charge is 0.0584 e. The molecule has 0 aromatic carbocycles. The molecule has 0 radical (unpaired) electrons. The summed E-state index contributed by atoms with van der Waals surface area (Å²) >= 11 is 0. The van der Waals surface area contributed by atoms with Crippen molar-refractivity contribution in [3.8, 4) is 0 Å². The Balaban J connectivity index is 2.02. The SMILES string of the molecule is CN(Cc1cccnc1CN)C1CCC1. The molecule has 1 fully saturated rings. The third-order valence-electron chi connectivity index (χ3n) is 3.30. The van der Waals surface area contributed by atoms with E-state index < -0.39 is 0 Å². The van der Waals surface area contributed by atoms with E-state index in [1.165, 1.54) is 24.8 Å². The predicted molar refractivity (Wildman–Crippen MR) is 61.2 cm³/mol. The van der Waals surface area contributed by atoms with Crippen LogP contribution in [0.25, 0.3) is 0 Å². The number of hydrogen-bond donors (Lipinski definition) is 1. The largest absolute Gasteiger partial charge is 0.325 e. The lowest BCUT2D eigenvalue weighted by molar-refractivity contribution is 0.152. The van der Waals surface area contributed by atoms with Crippen LogP contribution in [-0.2, 0) is 13.1 Å². The van der Waals surface area contributed by atoms with Gasteiger partial charge in [-0.1, -0.05) is 12.5 Å². The van der Waals surface area contributed by atoms with Gasteiger partial charge in [-0.25, -0.2) is 0 Å². The van der Waals surface area contributed by atoms with Gasteiger partial charge < -0.3 is 5.73 Å². The molecule has 82 valence electrons. The third kappa shape index (κ3) is 2.36. The van der Waals surface area contributed by atoms with Gasteiger partial charge in [-0.3, -0.25) is 9.88 Å². The van der Waals surface area contributed by atoms with Gasteiger partial charge >= 0.3 is 0 Å². The quantitative estimate of drug-likeness (QED) is 0.810. The van der Waals surface area contributed by atoms with E-state index in [9.17, 15) is 0 Å². The van der Waals surface area contributed by atoms with E-state index in [4.69, 9.17) is 5.73 Å². The molecule has 0 bridgehead atoms. The second-order valence-electron chi connectivity index (χ2n) is 4.31. The van der Waals surface area contributed by atoms with Crippen LogP contribution >= 0.6 is 0 Å². The number of nitrogens with zero attached hydrogens (tertiary/aromatic N) is 2. The van der Waals surface area contributed by atoms with Gasteiger partial charge in [0.1, 0.15) is 0 Å². The van der Waals surface area contributed by atoms with E-state index >= 15 is 0 Å². The van der Waals surface area contributed by atoms with Crippen LogP contribution in [-0.4, -0.2) is 23.0 Å². The Hall–Kier alpha value is -0.930. The van der Waals surface area contributed by atoms with E-state index in [1.54, 1.807) is 0 Å². The zero-order valence-corrected chi connectivity index (χ0v) is 9.32. The minimum Gasteiger partial charge on any atom is -0.325 e. The Kier molecular flexibility index (Phi) is 3.34. The first kappa shape index (κ1) is 10.6. The van der Waals surface area contributed by atoms with Crippen molar-refractivity contribution in [3.63, 3.8) is 0 Å². The van der Waals surface area contributed by atoms with E-state index in [0.717, 1.165) is 18.3 Å². The van der Waals surface area contributed by atoms with Gasteiger partial charge in [-0.15, -0.1) is 0 Å². The fourth-order valence-corrected chi connectivity index (χ4v) is 2.02. The molecular formula is C12H19N3. The summed E-state index contributed by atoms with van der Waals surface area (Å²) in [6.45, 7) is 1.51. The van der Waals surface area contributed by atoms with Gasteiger partial charge in [0.05, 0.1) is 5.69 Å². The number of nitrogens with two attached hydrogens (primary N) is 1. The molecule has 0 aliphatic heterocycles. The molecule has 3 nitrogen and oxygen atoms in total. The lowest BCUT2D eigenvalue weighted by Gasteiger charge is -2.35. The van der Waals surface area contributed by atoms with Crippen molar-refractivity contribution in [1.29, 1.82) is 0 Å². The first-order valence-corrected chi connectivity index (χ1v) is 5.64. The fourth-order valence-electron chi connectivity index (χ4n) is 2.02. The van der Waals surface area contributed by atoms with Gasteiger partial charge in [0.15, 0.2) is 0 Å². The number of hydrogen-bond acceptors (Lipinski definition) is 3. The zero-order valence-electron chi connectivity index (χ0n) is 9.32. The Morgan fingerprint density at radius 1 is 1.53 bits per heavy atom. The second-order valence-corrected chi connectivity index (χ2v) is 4.31. The van der Waals surface area contributed by atoms with Crippen molar-refractivity contribution in [2.24, 2.45) is 5.73 Å². The maximum Gasteiger partial charge on any atom is 0.0584 e. The van der Waals surface area contributed by atoms with Crippen LogP contribution in [0.4, 0.5) is 0 Å². The third-order valence-corrected chi connectivity index (χ3v) is 3.30. The molecule has 1 aromatic heterocycles. The molecule has 1 aliphatic carbocycles. The molecule has 0 spiro atoms. The standard InChI is InChI=1S/C12H19N3/c1-15(11-5-2-6-11)9-10-4-3-7-14-12(10)8-13/h3-4,7,11H,2,5-6,8-9,13H2,1H3. The second kappa shape index (κ2) is 4.73. The highest BCUT2D eigenvalue weighted by Crippen LogP contribution is 2.25. The Bertz CT molecular complexity index is 320. The molecule has 2 N–H and O–H groups in total. The lowest BCUT2D eigenvalue weighted by atomic mass is 9.91. The lowest BCUT2D eigenvalue weighted by Crippen LogP contribution is -2.36. The van der Waals surface area contributed by atoms with E-state index in [1.807, 2.05) is 12.3 Å². The summed E-state index contributed by atoms with van der Waals surface area (Å²) in [4.78, 5) is 6.72. The average molecular weight is 205 g/mol. The minimum absolute atomic E-state index is 0.536. The van der Waals surface area contributed by atoms with Crippen LogP contribution in [0.2, 0.25) is 0 Å².